The molecule has 1 N–H and O–H groups in total. The Bertz CT molecular complexity index is 110. The van der Waals surface area contributed by atoms with E-state index in [0.29, 0.717) is 6.42 Å². The summed E-state index contributed by atoms with van der Waals surface area (Å²) in [5, 5.41) is 8.50. The molecule has 0 bridgehead atoms. The van der Waals surface area contributed by atoms with Crippen molar-refractivity contribution in [1.82, 2.24) is 0 Å². The topological polar surface area (TPSA) is 37.3 Å². The number of carboxylic acid groups (broad SMARTS) is 1. The number of thiol groups is 1. The minimum atomic E-state index is -0.840. The maximum Gasteiger partial charge on any atom is 0.319 e. The molecule has 0 amide bonds. The van der Waals surface area contributed by atoms with Gasteiger partial charge in [0, 0.05) is 0 Å². The molecule has 0 aliphatic rings. The highest BCUT2D eigenvalue weighted by molar-refractivity contribution is 7.82. The smallest absolute Gasteiger partial charge is 0.319 e. The van der Waals surface area contributed by atoms with Gasteiger partial charge in [0.1, 0.15) is 4.75 Å². The lowest BCUT2D eigenvalue weighted by Crippen LogP contribution is -2.27. The Labute approximate surface area is 60.7 Å². The van der Waals surface area contributed by atoms with Crippen molar-refractivity contribution < 1.29 is 9.90 Å². The van der Waals surface area contributed by atoms with Crippen LogP contribution in [-0.4, -0.2) is 15.8 Å². The second-order valence-electron chi connectivity index (χ2n) is 2.33. The molecule has 0 fully saturated rings. The molecule has 0 aromatic rings. The SMILES string of the molecule is CCCC(C)(S)C(=O)O. The Morgan fingerprint density at radius 2 is 2.22 bits per heavy atom. The predicted octanol–water partition coefficient (Wildman–Crippen LogP) is 1.56. The van der Waals surface area contributed by atoms with Crippen molar-refractivity contribution in [2.24, 2.45) is 0 Å². The Kier molecular flexibility index (Phi) is 3.04. The molecule has 0 aliphatic heterocycles. The molecule has 1 atom stereocenters. The van der Waals surface area contributed by atoms with Gasteiger partial charge < -0.3 is 5.11 Å². The summed E-state index contributed by atoms with van der Waals surface area (Å²) in [6, 6.07) is 0. The lowest BCUT2D eigenvalue weighted by molar-refractivity contribution is -0.139. The van der Waals surface area contributed by atoms with Crippen molar-refractivity contribution in [2.75, 3.05) is 0 Å². The van der Waals surface area contributed by atoms with Gasteiger partial charge >= 0.3 is 5.97 Å². The molecular formula is C6H12O2S. The molecule has 3 heteroatoms. The van der Waals surface area contributed by atoms with E-state index in [1.165, 1.54) is 0 Å². The molecule has 9 heavy (non-hydrogen) atoms. The van der Waals surface area contributed by atoms with E-state index in [4.69, 9.17) is 5.11 Å². The maximum atomic E-state index is 10.3. The van der Waals surface area contributed by atoms with Crippen molar-refractivity contribution in [3.05, 3.63) is 0 Å². The van der Waals surface area contributed by atoms with E-state index < -0.39 is 10.7 Å². The normalized spacial score (nSPS) is 16.8. The van der Waals surface area contributed by atoms with Crippen LogP contribution in [0.25, 0.3) is 0 Å². The van der Waals surface area contributed by atoms with Crippen molar-refractivity contribution in [2.45, 2.75) is 31.4 Å². The third-order valence-corrected chi connectivity index (χ3v) is 1.61. The van der Waals surface area contributed by atoms with Crippen LogP contribution in [0.4, 0.5) is 0 Å². The van der Waals surface area contributed by atoms with E-state index >= 15 is 0 Å². The zero-order chi connectivity index (χ0) is 7.49. The fourth-order valence-electron chi connectivity index (χ4n) is 0.594. The molecule has 0 radical (unpaired) electrons. The fourth-order valence-corrected chi connectivity index (χ4v) is 0.817. The molecule has 0 heterocycles. The molecular weight excluding hydrogens is 136 g/mol. The minimum absolute atomic E-state index is 0.617. The number of aliphatic carboxylic acids is 1. The summed E-state index contributed by atoms with van der Waals surface area (Å²) in [6.45, 7) is 3.55. The standard InChI is InChI=1S/C6H12O2S/c1-3-4-6(2,9)5(7)8/h9H,3-4H2,1-2H3,(H,7,8). The number of carboxylic acids is 1. The summed E-state index contributed by atoms with van der Waals surface area (Å²) in [7, 11) is 0. The van der Waals surface area contributed by atoms with Crippen LogP contribution in [0, 0.1) is 0 Å². The van der Waals surface area contributed by atoms with Gasteiger partial charge in [-0.05, 0) is 13.3 Å². The highest BCUT2D eigenvalue weighted by atomic mass is 32.1. The van der Waals surface area contributed by atoms with E-state index in [1.54, 1.807) is 6.92 Å². The third kappa shape index (κ3) is 2.75. The number of carbonyl (C=O) groups is 1. The van der Waals surface area contributed by atoms with Crippen molar-refractivity contribution in [1.29, 1.82) is 0 Å². The van der Waals surface area contributed by atoms with E-state index in [9.17, 15) is 4.79 Å². The van der Waals surface area contributed by atoms with Crippen molar-refractivity contribution in [3.8, 4) is 0 Å². The minimum Gasteiger partial charge on any atom is -0.480 e. The average Bonchev–Trinajstić information content (AvgIpc) is 1.65. The Balaban J connectivity index is 3.85. The van der Waals surface area contributed by atoms with E-state index in [1.807, 2.05) is 6.92 Å². The molecule has 0 aromatic carbocycles. The van der Waals surface area contributed by atoms with Gasteiger partial charge in [-0.25, -0.2) is 0 Å². The van der Waals surface area contributed by atoms with E-state index in [0.717, 1.165) is 6.42 Å². The molecule has 0 spiro atoms. The van der Waals surface area contributed by atoms with Gasteiger partial charge in [0.2, 0.25) is 0 Å². The summed E-state index contributed by atoms with van der Waals surface area (Å²) in [6.07, 6.45) is 1.47. The van der Waals surface area contributed by atoms with E-state index in [-0.39, 0.29) is 0 Å². The van der Waals surface area contributed by atoms with Gasteiger partial charge in [-0.3, -0.25) is 4.79 Å². The van der Waals surface area contributed by atoms with Crippen LogP contribution >= 0.6 is 12.6 Å². The van der Waals surface area contributed by atoms with Crippen LogP contribution in [0.5, 0.6) is 0 Å². The Morgan fingerprint density at radius 3 is 2.33 bits per heavy atom. The molecule has 2 nitrogen and oxygen atoms in total. The summed E-state index contributed by atoms with van der Waals surface area (Å²) >= 11 is 3.96. The number of hydrogen-bond acceptors (Lipinski definition) is 2. The predicted molar refractivity (Wildman–Crippen MR) is 39.9 cm³/mol. The summed E-state index contributed by atoms with van der Waals surface area (Å²) < 4.78 is -0.839. The van der Waals surface area contributed by atoms with Crippen LogP contribution in [0.3, 0.4) is 0 Å². The van der Waals surface area contributed by atoms with Crippen LogP contribution in [0.2, 0.25) is 0 Å². The second kappa shape index (κ2) is 3.11. The fraction of sp³-hybridized carbons (Fsp3) is 0.833. The van der Waals surface area contributed by atoms with Crippen LogP contribution in [0.15, 0.2) is 0 Å². The highest BCUT2D eigenvalue weighted by Crippen LogP contribution is 2.19. The third-order valence-electron chi connectivity index (χ3n) is 1.20. The monoisotopic (exact) mass is 148 g/mol. The van der Waals surface area contributed by atoms with Gasteiger partial charge in [-0.15, -0.1) is 0 Å². The first-order valence-electron chi connectivity index (χ1n) is 2.96. The first-order valence-corrected chi connectivity index (χ1v) is 3.41. The Hall–Kier alpha value is -0.180. The first-order chi connectivity index (χ1) is 4.00. The molecule has 54 valence electrons. The van der Waals surface area contributed by atoms with E-state index in [2.05, 4.69) is 12.6 Å². The zero-order valence-corrected chi connectivity index (χ0v) is 6.61. The molecule has 0 saturated heterocycles. The van der Waals surface area contributed by atoms with Gasteiger partial charge in [-0.1, -0.05) is 13.3 Å². The van der Waals surface area contributed by atoms with Crippen molar-refractivity contribution >= 4 is 18.6 Å². The lowest BCUT2D eigenvalue weighted by Gasteiger charge is -2.15. The molecule has 0 saturated carbocycles. The van der Waals surface area contributed by atoms with Crippen LogP contribution in [0.1, 0.15) is 26.7 Å². The van der Waals surface area contributed by atoms with Crippen LogP contribution < -0.4 is 0 Å². The Morgan fingerprint density at radius 1 is 1.78 bits per heavy atom. The largest absolute Gasteiger partial charge is 0.480 e. The second-order valence-corrected chi connectivity index (χ2v) is 3.32. The van der Waals surface area contributed by atoms with Gasteiger partial charge in [0.15, 0.2) is 0 Å². The zero-order valence-electron chi connectivity index (χ0n) is 5.72. The molecule has 1 unspecified atom stereocenters. The molecule has 0 rings (SSSR count). The maximum absolute atomic E-state index is 10.3. The van der Waals surface area contributed by atoms with Gasteiger partial charge in [0.25, 0.3) is 0 Å². The number of hydrogen-bond donors (Lipinski definition) is 2. The molecule has 0 aromatic heterocycles. The summed E-state index contributed by atoms with van der Waals surface area (Å²) in [4.78, 5) is 10.3. The first kappa shape index (κ1) is 8.82. The highest BCUT2D eigenvalue weighted by Gasteiger charge is 2.26. The quantitative estimate of drug-likeness (QED) is 0.596. The average molecular weight is 148 g/mol. The summed E-state index contributed by atoms with van der Waals surface area (Å²) in [5.74, 6) is -0.840. The van der Waals surface area contributed by atoms with Gasteiger partial charge in [-0.2, -0.15) is 12.6 Å². The summed E-state index contributed by atoms with van der Waals surface area (Å²) in [5.41, 5.74) is 0. The van der Waals surface area contributed by atoms with Gasteiger partial charge in [0.05, 0.1) is 0 Å². The van der Waals surface area contributed by atoms with Crippen molar-refractivity contribution in [3.63, 3.8) is 0 Å². The lowest BCUT2D eigenvalue weighted by atomic mass is 10.1. The number of rotatable bonds is 3. The van der Waals surface area contributed by atoms with Crippen LogP contribution in [-0.2, 0) is 4.79 Å². The molecule has 0 aliphatic carbocycles.